The molecule has 1 aliphatic heterocycles. The van der Waals surface area contributed by atoms with Crippen LogP contribution < -0.4 is 10.1 Å². The monoisotopic (exact) mass is 408 g/mol. The average molecular weight is 408 g/mol. The Kier molecular flexibility index (Phi) is 5.52. The SMILES string of the molecule is COc1ccc(CCC(=O)N2CC(NC(=O)c3ccccc3)(C3(OC)CC3)C2)cc1. The molecule has 0 aromatic heterocycles. The Bertz CT molecular complexity index is 901. The summed E-state index contributed by atoms with van der Waals surface area (Å²) >= 11 is 0. The first-order valence-corrected chi connectivity index (χ1v) is 10.3. The van der Waals surface area contributed by atoms with Crippen LogP contribution in [0, 0.1) is 0 Å². The Morgan fingerprint density at radius 3 is 2.23 bits per heavy atom. The van der Waals surface area contributed by atoms with Crippen LogP contribution in [-0.4, -0.2) is 55.2 Å². The third-order valence-electron chi connectivity index (χ3n) is 6.42. The number of carbonyl (C=O) groups is 2. The molecule has 2 aliphatic rings. The van der Waals surface area contributed by atoms with Gasteiger partial charge in [0.05, 0.1) is 12.7 Å². The van der Waals surface area contributed by atoms with E-state index in [0.717, 1.165) is 24.2 Å². The Labute approximate surface area is 177 Å². The largest absolute Gasteiger partial charge is 0.497 e. The van der Waals surface area contributed by atoms with Gasteiger partial charge in [0.2, 0.25) is 5.91 Å². The fourth-order valence-electron chi connectivity index (χ4n) is 4.33. The second-order valence-corrected chi connectivity index (χ2v) is 8.20. The molecule has 1 aliphatic carbocycles. The van der Waals surface area contributed by atoms with Crippen LogP contribution in [-0.2, 0) is 16.0 Å². The number of rotatable bonds is 8. The smallest absolute Gasteiger partial charge is 0.251 e. The number of hydrogen-bond acceptors (Lipinski definition) is 4. The van der Waals surface area contributed by atoms with Crippen LogP contribution >= 0.6 is 0 Å². The number of nitrogens with zero attached hydrogens (tertiary/aromatic N) is 1. The van der Waals surface area contributed by atoms with Gasteiger partial charge in [-0.05, 0) is 49.1 Å². The molecule has 1 saturated heterocycles. The Hall–Kier alpha value is -2.86. The van der Waals surface area contributed by atoms with Gasteiger partial charge in [-0.3, -0.25) is 9.59 Å². The van der Waals surface area contributed by atoms with Crippen LogP contribution in [0.5, 0.6) is 5.75 Å². The zero-order valence-corrected chi connectivity index (χ0v) is 17.5. The van der Waals surface area contributed by atoms with Gasteiger partial charge in [0.1, 0.15) is 11.3 Å². The van der Waals surface area contributed by atoms with Crippen molar-refractivity contribution in [1.82, 2.24) is 10.2 Å². The van der Waals surface area contributed by atoms with Gasteiger partial charge >= 0.3 is 0 Å². The molecule has 30 heavy (non-hydrogen) atoms. The Balaban J connectivity index is 1.38. The van der Waals surface area contributed by atoms with E-state index in [-0.39, 0.29) is 17.4 Å². The van der Waals surface area contributed by atoms with Gasteiger partial charge in [-0.15, -0.1) is 0 Å². The quantitative estimate of drug-likeness (QED) is 0.729. The number of carbonyl (C=O) groups excluding carboxylic acids is 2. The van der Waals surface area contributed by atoms with Gasteiger partial charge in [-0.2, -0.15) is 0 Å². The molecule has 6 heteroatoms. The molecule has 6 nitrogen and oxygen atoms in total. The highest BCUT2D eigenvalue weighted by Crippen LogP contribution is 2.51. The fraction of sp³-hybridized carbons (Fsp3) is 0.417. The van der Waals surface area contributed by atoms with Crippen LogP contribution in [0.2, 0.25) is 0 Å². The topological polar surface area (TPSA) is 67.9 Å². The van der Waals surface area contributed by atoms with Crippen molar-refractivity contribution in [3.05, 3.63) is 65.7 Å². The van der Waals surface area contributed by atoms with Crippen molar-refractivity contribution in [3.63, 3.8) is 0 Å². The Morgan fingerprint density at radius 2 is 1.67 bits per heavy atom. The summed E-state index contributed by atoms with van der Waals surface area (Å²) in [6.45, 7) is 0.974. The molecule has 1 N–H and O–H groups in total. The summed E-state index contributed by atoms with van der Waals surface area (Å²) in [6.07, 6.45) is 2.91. The lowest BCUT2D eigenvalue weighted by Crippen LogP contribution is -2.77. The normalized spacial score (nSPS) is 18.3. The van der Waals surface area contributed by atoms with E-state index in [1.54, 1.807) is 26.4 Å². The van der Waals surface area contributed by atoms with Gasteiger partial charge in [0.25, 0.3) is 5.91 Å². The standard InChI is InChI=1S/C24H28N2O4/c1-29-20-11-8-18(9-12-20)10-13-21(27)26-16-23(17-26,24(30-2)14-15-24)25-22(28)19-6-4-3-5-7-19/h3-9,11-12H,10,13-17H2,1-2H3,(H,25,28). The first-order chi connectivity index (χ1) is 14.5. The van der Waals surface area contributed by atoms with Crippen molar-refractivity contribution in [1.29, 1.82) is 0 Å². The van der Waals surface area contributed by atoms with Crippen molar-refractivity contribution in [2.45, 2.75) is 36.8 Å². The molecule has 2 aromatic rings. The highest BCUT2D eigenvalue weighted by Gasteiger charge is 2.66. The number of ether oxygens (including phenoxy) is 2. The van der Waals surface area contributed by atoms with Gasteiger partial charge in [0.15, 0.2) is 0 Å². The highest BCUT2D eigenvalue weighted by molar-refractivity contribution is 5.95. The van der Waals surface area contributed by atoms with E-state index in [9.17, 15) is 9.59 Å². The predicted octanol–water partition coefficient (Wildman–Crippen LogP) is 2.82. The summed E-state index contributed by atoms with van der Waals surface area (Å²) in [6, 6.07) is 17.0. The van der Waals surface area contributed by atoms with Gasteiger partial charge < -0.3 is 19.7 Å². The molecule has 0 radical (unpaired) electrons. The molecule has 1 saturated carbocycles. The number of likely N-dealkylation sites (tertiary alicyclic amines) is 1. The highest BCUT2D eigenvalue weighted by atomic mass is 16.5. The molecule has 2 fully saturated rings. The van der Waals surface area contributed by atoms with E-state index in [2.05, 4.69) is 5.32 Å². The van der Waals surface area contributed by atoms with E-state index < -0.39 is 5.54 Å². The maximum absolute atomic E-state index is 12.8. The molecule has 1 heterocycles. The lowest BCUT2D eigenvalue weighted by atomic mass is 9.80. The van der Waals surface area contributed by atoms with Crippen molar-refractivity contribution in [2.75, 3.05) is 27.3 Å². The van der Waals surface area contributed by atoms with Crippen LogP contribution in [0.3, 0.4) is 0 Å². The number of benzene rings is 2. The van der Waals surface area contributed by atoms with Crippen molar-refractivity contribution < 1.29 is 19.1 Å². The zero-order chi connectivity index (χ0) is 21.2. The zero-order valence-electron chi connectivity index (χ0n) is 17.5. The Morgan fingerprint density at radius 1 is 1.00 bits per heavy atom. The van der Waals surface area contributed by atoms with Gasteiger partial charge in [0, 0.05) is 32.2 Å². The summed E-state index contributed by atoms with van der Waals surface area (Å²) in [5.41, 5.74) is 0.825. The predicted molar refractivity (Wildman–Crippen MR) is 114 cm³/mol. The summed E-state index contributed by atoms with van der Waals surface area (Å²) in [5.74, 6) is 0.785. The maximum atomic E-state index is 12.8. The van der Waals surface area contributed by atoms with E-state index in [0.29, 0.717) is 31.5 Å². The molecular formula is C24H28N2O4. The first-order valence-electron chi connectivity index (χ1n) is 10.3. The minimum atomic E-state index is -0.523. The number of nitrogens with one attached hydrogen (secondary N) is 1. The van der Waals surface area contributed by atoms with E-state index >= 15 is 0 Å². The fourth-order valence-corrected chi connectivity index (χ4v) is 4.33. The molecule has 2 amide bonds. The number of amides is 2. The number of aryl methyl sites for hydroxylation is 1. The molecule has 4 rings (SSSR count). The van der Waals surface area contributed by atoms with Crippen LogP contribution in [0.25, 0.3) is 0 Å². The lowest BCUT2D eigenvalue weighted by Gasteiger charge is -2.54. The van der Waals surface area contributed by atoms with Crippen molar-refractivity contribution in [2.24, 2.45) is 0 Å². The molecule has 158 valence electrons. The van der Waals surface area contributed by atoms with E-state index in [1.807, 2.05) is 47.4 Å². The minimum absolute atomic E-state index is 0.0994. The second kappa shape index (κ2) is 8.11. The van der Waals surface area contributed by atoms with E-state index in [1.165, 1.54) is 0 Å². The van der Waals surface area contributed by atoms with Crippen molar-refractivity contribution in [3.8, 4) is 5.75 Å². The number of methoxy groups -OCH3 is 2. The molecule has 2 aromatic carbocycles. The lowest BCUT2D eigenvalue weighted by molar-refractivity contribution is -0.148. The summed E-state index contributed by atoms with van der Waals surface area (Å²) in [7, 11) is 3.33. The number of hydrogen-bond donors (Lipinski definition) is 1. The van der Waals surface area contributed by atoms with Gasteiger partial charge in [-0.1, -0.05) is 30.3 Å². The van der Waals surface area contributed by atoms with Crippen LogP contribution in [0.1, 0.15) is 35.2 Å². The molecule has 0 unspecified atom stereocenters. The molecule has 0 bridgehead atoms. The maximum Gasteiger partial charge on any atom is 0.251 e. The third kappa shape index (κ3) is 3.79. The second-order valence-electron chi connectivity index (χ2n) is 8.20. The molecular weight excluding hydrogens is 380 g/mol. The summed E-state index contributed by atoms with van der Waals surface area (Å²) in [5, 5.41) is 3.20. The third-order valence-corrected chi connectivity index (χ3v) is 6.42. The average Bonchev–Trinajstić information content (AvgIpc) is 3.56. The van der Waals surface area contributed by atoms with Crippen LogP contribution in [0.4, 0.5) is 0 Å². The first kappa shape index (κ1) is 20.4. The van der Waals surface area contributed by atoms with Gasteiger partial charge in [-0.25, -0.2) is 0 Å². The molecule has 0 spiro atoms. The minimum Gasteiger partial charge on any atom is -0.497 e. The molecule has 0 atom stereocenters. The van der Waals surface area contributed by atoms with Crippen LogP contribution in [0.15, 0.2) is 54.6 Å². The van der Waals surface area contributed by atoms with Crippen molar-refractivity contribution >= 4 is 11.8 Å². The summed E-state index contributed by atoms with van der Waals surface area (Å²) < 4.78 is 11.0. The summed E-state index contributed by atoms with van der Waals surface area (Å²) in [4.78, 5) is 27.4. The van der Waals surface area contributed by atoms with E-state index in [4.69, 9.17) is 9.47 Å².